The van der Waals surface area contributed by atoms with E-state index in [-0.39, 0.29) is 0 Å². The van der Waals surface area contributed by atoms with Gasteiger partial charge in [0.2, 0.25) is 0 Å². The van der Waals surface area contributed by atoms with Crippen LogP contribution in [-0.2, 0) is 13.5 Å². The maximum atomic E-state index is 10.2. The summed E-state index contributed by atoms with van der Waals surface area (Å²) in [5.74, 6) is 1.41. The normalized spacial score (nSPS) is 13.0. The molecule has 0 bridgehead atoms. The van der Waals surface area contributed by atoms with Crippen molar-refractivity contribution in [3.63, 3.8) is 0 Å². The Morgan fingerprint density at radius 1 is 1.56 bits per heavy atom. The zero-order valence-electron chi connectivity index (χ0n) is 9.14. The van der Waals surface area contributed by atoms with Crippen LogP contribution in [0.5, 0.6) is 0 Å². The maximum Gasteiger partial charge on any atom is 0.154 e. The summed E-state index contributed by atoms with van der Waals surface area (Å²) in [4.78, 5) is 0. The van der Waals surface area contributed by atoms with Crippen LogP contribution in [0.1, 0.15) is 30.2 Å². The van der Waals surface area contributed by atoms with Crippen LogP contribution in [0.4, 0.5) is 0 Å². The molecule has 0 radical (unpaired) electrons. The molecule has 1 unspecified atom stereocenters. The summed E-state index contributed by atoms with van der Waals surface area (Å²) < 4.78 is 7.92. The van der Waals surface area contributed by atoms with Crippen LogP contribution < -0.4 is 0 Å². The Kier molecular flexibility index (Phi) is 3.16. The fourth-order valence-corrected chi connectivity index (χ4v) is 2.16. The van der Waals surface area contributed by atoms with Crippen LogP contribution in [0.25, 0.3) is 0 Å². The van der Waals surface area contributed by atoms with Crippen molar-refractivity contribution in [2.75, 3.05) is 0 Å². The van der Waals surface area contributed by atoms with Gasteiger partial charge in [-0.15, -0.1) is 0 Å². The summed E-state index contributed by atoms with van der Waals surface area (Å²) >= 11 is 3.35. The average molecular weight is 285 g/mol. The third-order valence-electron chi connectivity index (χ3n) is 2.50. The smallest absolute Gasteiger partial charge is 0.154 e. The monoisotopic (exact) mass is 284 g/mol. The second-order valence-electron chi connectivity index (χ2n) is 3.56. The molecule has 1 atom stereocenters. The van der Waals surface area contributed by atoms with Crippen molar-refractivity contribution in [2.24, 2.45) is 7.05 Å². The van der Waals surface area contributed by atoms with Gasteiger partial charge in [-0.3, -0.25) is 4.68 Å². The SMILES string of the molecule is CCc1ccc(C(O)c2c(Br)cnn2C)o1. The lowest BCUT2D eigenvalue weighted by atomic mass is 10.2. The van der Waals surface area contributed by atoms with Gasteiger partial charge in [0.05, 0.1) is 16.4 Å². The molecule has 2 rings (SSSR count). The Hall–Kier alpha value is -1.07. The number of aliphatic hydroxyl groups is 1. The molecule has 0 aliphatic rings. The minimum Gasteiger partial charge on any atom is -0.463 e. The molecule has 2 heterocycles. The van der Waals surface area contributed by atoms with Crippen LogP contribution in [0.2, 0.25) is 0 Å². The van der Waals surface area contributed by atoms with Crippen LogP contribution in [0.3, 0.4) is 0 Å². The first-order chi connectivity index (χ1) is 7.63. The molecule has 4 nitrogen and oxygen atoms in total. The molecule has 86 valence electrons. The van der Waals surface area contributed by atoms with Gasteiger partial charge < -0.3 is 9.52 Å². The Morgan fingerprint density at radius 3 is 2.81 bits per heavy atom. The van der Waals surface area contributed by atoms with E-state index in [1.54, 1.807) is 24.0 Å². The topological polar surface area (TPSA) is 51.2 Å². The van der Waals surface area contributed by atoms with Crippen molar-refractivity contribution >= 4 is 15.9 Å². The van der Waals surface area contributed by atoms with E-state index in [0.717, 1.165) is 16.7 Å². The number of aromatic nitrogens is 2. The van der Waals surface area contributed by atoms with E-state index in [1.165, 1.54) is 0 Å². The predicted octanol–water partition coefficient (Wildman–Crippen LogP) is 2.42. The number of aryl methyl sites for hydroxylation is 2. The molecule has 0 aromatic carbocycles. The molecule has 0 saturated heterocycles. The molecular weight excluding hydrogens is 272 g/mol. The standard InChI is InChI=1S/C11H13BrN2O2/c1-3-7-4-5-9(16-7)11(15)10-8(12)6-13-14(10)2/h4-6,11,15H,3H2,1-2H3. The third-order valence-corrected chi connectivity index (χ3v) is 3.11. The average Bonchev–Trinajstić information content (AvgIpc) is 2.85. The van der Waals surface area contributed by atoms with E-state index in [9.17, 15) is 5.11 Å². The highest BCUT2D eigenvalue weighted by Crippen LogP contribution is 2.28. The van der Waals surface area contributed by atoms with Gasteiger partial charge in [-0.2, -0.15) is 5.10 Å². The molecule has 2 aromatic heterocycles. The molecule has 5 heteroatoms. The summed E-state index contributed by atoms with van der Waals surface area (Å²) in [6, 6.07) is 3.67. The maximum absolute atomic E-state index is 10.2. The van der Waals surface area contributed by atoms with Crippen molar-refractivity contribution in [3.05, 3.63) is 40.0 Å². The number of rotatable bonds is 3. The van der Waals surface area contributed by atoms with Gasteiger partial charge in [0.25, 0.3) is 0 Å². The Morgan fingerprint density at radius 2 is 2.31 bits per heavy atom. The molecule has 0 spiro atoms. The second-order valence-corrected chi connectivity index (χ2v) is 4.42. The first-order valence-corrected chi connectivity index (χ1v) is 5.86. The zero-order valence-corrected chi connectivity index (χ0v) is 10.7. The molecule has 0 saturated carbocycles. The molecule has 2 aromatic rings. The van der Waals surface area contributed by atoms with E-state index >= 15 is 0 Å². The van der Waals surface area contributed by atoms with Gasteiger partial charge in [0, 0.05) is 13.5 Å². The summed E-state index contributed by atoms with van der Waals surface area (Å²) in [6.45, 7) is 2.01. The lowest BCUT2D eigenvalue weighted by Crippen LogP contribution is -2.06. The summed E-state index contributed by atoms with van der Waals surface area (Å²) in [7, 11) is 1.78. The van der Waals surface area contributed by atoms with E-state index < -0.39 is 6.10 Å². The number of nitrogens with zero attached hydrogens (tertiary/aromatic N) is 2. The first-order valence-electron chi connectivity index (χ1n) is 5.07. The van der Waals surface area contributed by atoms with E-state index in [2.05, 4.69) is 21.0 Å². The van der Waals surface area contributed by atoms with Crippen molar-refractivity contribution in [1.82, 2.24) is 9.78 Å². The molecule has 1 N–H and O–H groups in total. The summed E-state index contributed by atoms with van der Waals surface area (Å²) in [5, 5.41) is 14.2. The fourth-order valence-electron chi connectivity index (χ4n) is 1.59. The van der Waals surface area contributed by atoms with Gasteiger partial charge in [0.15, 0.2) is 6.10 Å². The quantitative estimate of drug-likeness (QED) is 0.942. The van der Waals surface area contributed by atoms with Gasteiger partial charge in [-0.25, -0.2) is 0 Å². The minimum absolute atomic E-state index is 0.543. The molecule has 0 amide bonds. The van der Waals surface area contributed by atoms with E-state index in [0.29, 0.717) is 11.5 Å². The third kappa shape index (κ3) is 1.92. The first kappa shape index (κ1) is 11.4. The lowest BCUT2D eigenvalue weighted by Gasteiger charge is -2.09. The lowest BCUT2D eigenvalue weighted by molar-refractivity contribution is 0.177. The fraction of sp³-hybridized carbons (Fsp3) is 0.364. The number of halogens is 1. The molecule has 0 fully saturated rings. The van der Waals surface area contributed by atoms with E-state index in [1.807, 2.05) is 13.0 Å². The molecule has 16 heavy (non-hydrogen) atoms. The Labute approximate surface area is 102 Å². The van der Waals surface area contributed by atoms with Crippen molar-refractivity contribution in [2.45, 2.75) is 19.4 Å². The number of aliphatic hydroxyl groups excluding tert-OH is 1. The van der Waals surface area contributed by atoms with Crippen molar-refractivity contribution < 1.29 is 9.52 Å². The highest BCUT2D eigenvalue weighted by Gasteiger charge is 2.20. The summed E-state index contributed by atoms with van der Waals surface area (Å²) in [5.41, 5.74) is 0.692. The predicted molar refractivity (Wildman–Crippen MR) is 63.1 cm³/mol. The van der Waals surface area contributed by atoms with Crippen LogP contribution in [-0.4, -0.2) is 14.9 Å². The number of hydrogen-bond acceptors (Lipinski definition) is 3. The van der Waals surface area contributed by atoms with Gasteiger partial charge >= 0.3 is 0 Å². The largest absolute Gasteiger partial charge is 0.463 e. The van der Waals surface area contributed by atoms with E-state index in [4.69, 9.17) is 4.42 Å². The van der Waals surface area contributed by atoms with Crippen LogP contribution in [0.15, 0.2) is 27.2 Å². The van der Waals surface area contributed by atoms with Gasteiger partial charge in [-0.05, 0) is 28.1 Å². The number of hydrogen-bond donors (Lipinski definition) is 1. The van der Waals surface area contributed by atoms with Gasteiger partial charge in [-0.1, -0.05) is 6.92 Å². The van der Waals surface area contributed by atoms with Gasteiger partial charge in [0.1, 0.15) is 11.5 Å². The molecule has 0 aliphatic heterocycles. The molecule has 0 aliphatic carbocycles. The van der Waals surface area contributed by atoms with Crippen LogP contribution in [0, 0.1) is 0 Å². The zero-order chi connectivity index (χ0) is 11.7. The molecular formula is C11H13BrN2O2. The van der Waals surface area contributed by atoms with Crippen LogP contribution >= 0.6 is 15.9 Å². The minimum atomic E-state index is -0.790. The van der Waals surface area contributed by atoms with Crippen molar-refractivity contribution in [1.29, 1.82) is 0 Å². The van der Waals surface area contributed by atoms with Crippen molar-refractivity contribution in [3.8, 4) is 0 Å². The highest BCUT2D eigenvalue weighted by molar-refractivity contribution is 9.10. The Bertz CT molecular complexity index is 470. The Balaban J connectivity index is 2.34. The summed E-state index contributed by atoms with van der Waals surface area (Å²) in [6.07, 6.45) is 1.68. The number of furan rings is 1. The highest BCUT2D eigenvalue weighted by atomic mass is 79.9. The second kappa shape index (κ2) is 4.43.